The van der Waals surface area contributed by atoms with E-state index < -0.39 is 5.95 Å². The van der Waals surface area contributed by atoms with Gasteiger partial charge >= 0.3 is 0 Å². The zero-order chi connectivity index (χ0) is 19.4. The van der Waals surface area contributed by atoms with Crippen molar-refractivity contribution in [1.29, 1.82) is 0 Å². The zero-order valence-electron chi connectivity index (χ0n) is 16.0. The first-order valence-corrected chi connectivity index (χ1v) is 9.77. The van der Waals surface area contributed by atoms with Gasteiger partial charge in [0.15, 0.2) is 5.69 Å². The van der Waals surface area contributed by atoms with Crippen molar-refractivity contribution in [3.05, 3.63) is 70.9 Å². The number of nitrogens with one attached hydrogen (secondary N) is 1. The summed E-state index contributed by atoms with van der Waals surface area (Å²) in [6.07, 6.45) is 0. The highest BCUT2D eigenvalue weighted by atomic mass is 19.1. The van der Waals surface area contributed by atoms with E-state index in [4.69, 9.17) is 0 Å². The second-order valence-electron chi connectivity index (χ2n) is 7.95. The minimum absolute atomic E-state index is 0.0565. The number of hydrogen-bond donors (Lipinski definition) is 1. The Kier molecular flexibility index (Phi) is 3.98. The van der Waals surface area contributed by atoms with Crippen LogP contribution in [0.25, 0.3) is 5.65 Å². The van der Waals surface area contributed by atoms with Crippen molar-refractivity contribution in [1.82, 2.24) is 19.6 Å². The van der Waals surface area contributed by atoms with Crippen LogP contribution in [0.1, 0.15) is 33.4 Å². The van der Waals surface area contributed by atoms with Crippen LogP contribution in [0.15, 0.2) is 42.5 Å². The topological polar surface area (TPSA) is 49.6 Å². The van der Waals surface area contributed by atoms with E-state index in [2.05, 4.69) is 29.4 Å². The molecular formula is C22H23FN4O. The van der Waals surface area contributed by atoms with Crippen molar-refractivity contribution in [2.24, 2.45) is 11.8 Å². The van der Waals surface area contributed by atoms with E-state index in [9.17, 15) is 4.79 Å². The van der Waals surface area contributed by atoms with Gasteiger partial charge in [-0.25, -0.2) is 4.98 Å². The lowest BCUT2D eigenvalue weighted by Crippen LogP contribution is -2.35. The molecule has 1 aromatic carbocycles. The Labute approximate surface area is 163 Å². The van der Waals surface area contributed by atoms with Crippen LogP contribution in [0.3, 0.4) is 0 Å². The molecule has 4 heterocycles. The summed E-state index contributed by atoms with van der Waals surface area (Å²) in [5.41, 5.74) is 3.41. The molecular weight excluding hydrogens is 355 g/mol. The maximum absolute atomic E-state index is 15.1. The number of aromatic nitrogens is 2. The predicted octanol–water partition coefficient (Wildman–Crippen LogP) is 3.12. The molecule has 0 aliphatic carbocycles. The van der Waals surface area contributed by atoms with Gasteiger partial charge in [-0.2, -0.15) is 4.39 Å². The van der Waals surface area contributed by atoms with E-state index in [-0.39, 0.29) is 17.6 Å². The van der Waals surface area contributed by atoms with Gasteiger partial charge in [-0.15, -0.1) is 0 Å². The van der Waals surface area contributed by atoms with Crippen molar-refractivity contribution in [2.75, 3.05) is 19.6 Å². The summed E-state index contributed by atoms with van der Waals surface area (Å²) in [6, 6.07) is 13.5. The van der Waals surface area contributed by atoms with Crippen molar-refractivity contribution < 1.29 is 9.18 Å². The predicted molar refractivity (Wildman–Crippen MR) is 105 cm³/mol. The molecule has 2 aliphatic heterocycles. The minimum atomic E-state index is -0.572. The van der Waals surface area contributed by atoms with E-state index in [0.717, 1.165) is 29.9 Å². The lowest BCUT2D eigenvalue weighted by atomic mass is 9.87. The Morgan fingerprint density at radius 1 is 1.14 bits per heavy atom. The average molecular weight is 378 g/mol. The van der Waals surface area contributed by atoms with Crippen molar-refractivity contribution in [2.45, 2.75) is 19.9 Å². The summed E-state index contributed by atoms with van der Waals surface area (Å²) in [4.78, 5) is 19.7. The van der Waals surface area contributed by atoms with Crippen LogP contribution < -0.4 is 5.32 Å². The van der Waals surface area contributed by atoms with Gasteiger partial charge in [0, 0.05) is 31.2 Å². The minimum Gasteiger partial charge on any atom is -0.329 e. The number of rotatable bonds is 2. The third-order valence-electron chi connectivity index (χ3n) is 6.32. The molecule has 2 fully saturated rings. The van der Waals surface area contributed by atoms with Crippen LogP contribution in [0.4, 0.5) is 4.39 Å². The molecule has 144 valence electrons. The molecule has 3 atom stereocenters. The fourth-order valence-electron chi connectivity index (χ4n) is 4.93. The first-order valence-electron chi connectivity index (χ1n) is 9.77. The molecule has 2 saturated heterocycles. The third-order valence-corrected chi connectivity index (χ3v) is 6.32. The number of amides is 1. The lowest BCUT2D eigenvalue weighted by Gasteiger charge is -2.29. The fraction of sp³-hybridized carbons (Fsp3) is 0.364. The SMILES string of the molecule is Cc1ccccc1[C@@H]1[C@H]2CNC[C@H]2CN1C(=O)c1nc2cccc(C)n2c1F. The molecule has 5 rings (SSSR count). The number of aryl methyl sites for hydroxylation is 2. The second kappa shape index (κ2) is 6.41. The highest BCUT2D eigenvalue weighted by Gasteiger charge is 2.48. The first kappa shape index (κ1) is 17.4. The van der Waals surface area contributed by atoms with Gasteiger partial charge in [-0.05, 0) is 43.0 Å². The van der Waals surface area contributed by atoms with Gasteiger partial charge in [0.1, 0.15) is 5.65 Å². The number of fused-ring (bicyclic) bond motifs is 2. The molecule has 6 heteroatoms. The number of carbonyl (C=O) groups is 1. The normalized spacial score (nSPS) is 24.1. The molecule has 2 aromatic heterocycles. The van der Waals surface area contributed by atoms with Crippen LogP contribution in [-0.2, 0) is 0 Å². The van der Waals surface area contributed by atoms with Gasteiger partial charge in [0.2, 0.25) is 5.95 Å². The number of benzene rings is 1. The van der Waals surface area contributed by atoms with E-state index in [1.807, 2.05) is 36.1 Å². The molecule has 28 heavy (non-hydrogen) atoms. The number of halogens is 1. The molecule has 1 N–H and O–H groups in total. The summed E-state index contributed by atoms with van der Waals surface area (Å²) in [7, 11) is 0. The molecule has 0 unspecified atom stereocenters. The Hall–Kier alpha value is -2.73. The third kappa shape index (κ3) is 2.48. The van der Waals surface area contributed by atoms with Gasteiger partial charge in [0.05, 0.1) is 6.04 Å². The van der Waals surface area contributed by atoms with E-state index in [1.54, 1.807) is 6.07 Å². The van der Waals surface area contributed by atoms with Crippen LogP contribution in [0.5, 0.6) is 0 Å². The fourth-order valence-corrected chi connectivity index (χ4v) is 4.93. The molecule has 2 aliphatic rings. The Bertz CT molecular complexity index is 1080. The zero-order valence-corrected chi connectivity index (χ0v) is 16.0. The number of likely N-dealkylation sites (tertiary alicyclic amines) is 1. The summed E-state index contributed by atoms with van der Waals surface area (Å²) in [5, 5.41) is 3.45. The van der Waals surface area contributed by atoms with Gasteiger partial charge in [-0.1, -0.05) is 30.3 Å². The number of hydrogen-bond acceptors (Lipinski definition) is 3. The molecule has 0 radical (unpaired) electrons. The summed E-state index contributed by atoms with van der Waals surface area (Å²) in [6.45, 7) is 6.28. The summed E-state index contributed by atoms with van der Waals surface area (Å²) >= 11 is 0. The highest BCUT2D eigenvalue weighted by Crippen LogP contribution is 2.44. The molecule has 0 saturated carbocycles. The van der Waals surface area contributed by atoms with Gasteiger partial charge in [-0.3, -0.25) is 9.20 Å². The molecule has 1 amide bonds. The highest BCUT2D eigenvalue weighted by molar-refractivity contribution is 5.94. The standard InChI is InChI=1S/C22H23FN4O/c1-13-6-3-4-8-16(13)20-17-11-24-10-15(17)12-26(20)22(28)19-21(23)27-14(2)7-5-9-18(27)25-19/h3-9,15,17,20,24H,10-12H2,1-2H3/t15-,17-,20+/m0/s1. The smallest absolute Gasteiger partial charge is 0.277 e. The number of imidazole rings is 1. The van der Waals surface area contributed by atoms with Crippen LogP contribution in [0, 0.1) is 31.6 Å². The molecule has 0 spiro atoms. The molecule has 3 aromatic rings. The van der Waals surface area contributed by atoms with Gasteiger partial charge < -0.3 is 10.2 Å². The maximum atomic E-state index is 15.1. The van der Waals surface area contributed by atoms with Crippen molar-refractivity contribution >= 4 is 11.6 Å². The van der Waals surface area contributed by atoms with E-state index in [0.29, 0.717) is 24.0 Å². The monoisotopic (exact) mass is 378 g/mol. The van der Waals surface area contributed by atoms with E-state index >= 15 is 4.39 Å². The Morgan fingerprint density at radius 3 is 2.75 bits per heavy atom. The number of pyridine rings is 1. The van der Waals surface area contributed by atoms with Gasteiger partial charge in [0.25, 0.3) is 5.91 Å². The Balaban J connectivity index is 1.59. The first-order chi connectivity index (χ1) is 13.6. The average Bonchev–Trinajstić information content (AvgIpc) is 3.35. The molecule has 0 bridgehead atoms. The van der Waals surface area contributed by atoms with E-state index in [1.165, 1.54) is 4.40 Å². The van der Waals surface area contributed by atoms with Crippen LogP contribution >= 0.6 is 0 Å². The largest absolute Gasteiger partial charge is 0.329 e. The quantitative estimate of drug-likeness (QED) is 0.745. The Morgan fingerprint density at radius 2 is 1.96 bits per heavy atom. The number of nitrogens with zero attached hydrogens (tertiary/aromatic N) is 3. The second-order valence-corrected chi connectivity index (χ2v) is 7.95. The van der Waals surface area contributed by atoms with Crippen LogP contribution in [-0.4, -0.2) is 39.8 Å². The lowest BCUT2D eigenvalue weighted by molar-refractivity contribution is 0.0703. The molecule has 5 nitrogen and oxygen atoms in total. The van der Waals surface area contributed by atoms with Crippen LogP contribution in [0.2, 0.25) is 0 Å². The maximum Gasteiger partial charge on any atom is 0.277 e. The number of carbonyl (C=O) groups excluding carboxylic acids is 1. The summed E-state index contributed by atoms with van der Waals surface area (Å²) in [5.74, 6) is -0.165. The van der Waals surface area contributed by atoms with Crippen molar-refractivity contribution in [3.8, 4) is 0 Å². The van der Waals surface area contributed by atoms with Crippen molar-refractivity contribution in [3.63, 3.8) is 0 Å². The summed E-state index contributed by atoms with van der Waals surface area (Å²) < 4.78 is 16.5.